The molecule has 0 fully saturated rings. The second-order valence-corrected chi connectivity index (χ2v) is 6.87. The number of sulfonamides is 1. The predicted octanol–water partition coefficient (Wildman–Crippen LogP) is 2.69. The van der Waals surface area contributed by atoms with Crippen LogP contribution in [0.3, 0.4) is 0 Å². The summed E-state index contributed by atoms with van der Waals surface area (Å²) in [5.41, 5.74) is 2.19. The highest BCUT2D eigenvalue weighted by Crippen LogP contribution is 2.20. The zero-order valence-corrected chi connectivity index (χ0v) is 12.8. The average molecular weight is 300 g/mol. The van der Waals surface area contributed by atoms with Gasteiger partial charge in [0.25, 0.3) is 0 Å². The highest BCUT2D eigenvalue weighted by Gasteiger charge is 2.23. The molecule has 4 nitrogen and oxygen atoms in total. The second kappa shape index (κ2) is 6.08. The molecule has 0 aliphatic rings. The molecule has 2 rings (SSSR count). The molecule has 0 radical (unpaired) electrons. The van der Waals surface area contributed by atoms with Crippen LogP contribution in [0, 0.1) is 18.3 Å². The van der Waals surface area contributed by atoms with Gasteiger partial charge in [0.15, 0.2) is 0 Å². The number of benzene rings is 2. The summed E-state index contributed by atoms with van der Waals surface area (Å²) in [5.74, 6) is 0. The summed E-state index contributed by atoms with van der Waals surface area (Å²) in [6.45, 7) is 2.25. The van der Waals surface area contributed by atoms with E-state index in [-0.39, 0.29) is 17.0 Å². The summed E-state index contributed by atoms with van der Waals surface area (Å²) in [6, 6.07) is 15.8. The fraction of sp³-hybridized carbons (Fsp3) is 0.188. The molecule has 0 N–H and O–H groups in total. The van der Waals surface area contributed by atoms with Gasteiger partial charge in [0.1, 0.15) is 6.07 Å². The SMILES string of the molecule is Cc1ccc(CN(C)S(=O)(=O)c2ccccc2C#N)cc1. The van der Waals surface area contributed by atoms with Crippen molar-refractivity contribution in [1.29, 1.82) is 5.26 Å². The van der Waals surface area contributed by atoms with Gasteiger partial charge in [-0.3, -0.25) is 0 Å². The molecule has 0 saturated carbocycles. The monoisotopic (exact) mass is 300 g/mol. The highest BCUT2D eigenvalue weighted by atomic mass is 32.2. The molecule has 0 amide bonds. The van der Waals surface area contributed by atoms with Gasteiger partial charge in [0, 0.05) is 13.6 Å². The Morgan fingerprint density at radius 3 is 2.33 bits per heavy atom. The Bertz CT molecular complexity index is 775. The van der Waals surface area contributed by atoms with Gasteiger partial charge in [-0.2, -0.15) is 9.57 Å². The standard InChI is InChI=1S/C16H16N2O2S/c1-13-7-9-14(10-8-13)12-18(2)21(19,20)16-6-4-3-5-15(16)11-17/h3-10H,12H2,1-2H3. The van der Waals surface area contributed by atoms with Gasteiger partial charge in [0.05, 0.1) is 10.5 Å². The Hall–Kier alpha value is -2.16. The smallest absolute Gasteiger partial charge is 0.207 e. The normalized spacial score (nSPS) is 11.3. The van der Waals surface area contributed by atoms with E-state index in [2.05, 4.69) is 0 Å². The van der Waals surface area contributed by atoms with Gasteiger partial charge in [-0.1, -0.05) is 42.0 Å². The number of nitriles is 1. The molecule has 0 aliphatic carbocycles. The van der Waals surface area contributed by atoms with Crippen LogP contribution in [-0.2, 0) is 16.6 Å². The number of aryl methyl sites for hydroxylation is 1. The van der Waals surface area contributed by atoms with E-state index in [1.807, 2.05) is 37.3 Å². The second-order valence-electron chi connectivity index (χ2n) is 4.85. The van der Waals surface area contributed by atoms with Crippen molar-refractivity contribution >= 4 is 10.0 Å². The Labute approximate surface area is 125 Å². The van der Waals surface area contributed by atoms with Crippen LogP contribution in [0.5, 0.6) is 0 Å². The number of hydrogen-bond donors (Lipinski definition) is 0. The zero-order chi connectivity index (χ0) is 15.5. The molecule has 21 heavy (non-hydrogen) atoms. The Kier molecular flexibility index (Phi) is 4.41. The molecule has 0 bridgehead atoms. The lowest BCUT2D eigenvalue weighted by Crippen LogP contribution is -2.27. The molecule has 0 aliphatic heterocycles. The van der Waals surface area contributed by atoms with E-state index in [4.69, 9.17) is 5.26 Å². The highest BCUT2D eigenvalue weighted by molar-refractivity contribution is 7.89. The van der Waals surface area contributed by atoms with E-state index >= 15 is 0 Å². The lowest BCUT2D eigenvalue weighted by atomic mass is 10.1. The van der Waals surface area contributed by atoms with Crippen LogP contribution in [0.4, 0.5) is 0 Å². The minimum absolute atomic E-state index is 0.0436. The van der Waals surface area contributed by atoms with E-state index in [9.17, 15) is 8.42 Å². The lowest BCUT2D eigenvalue weighted by Gasteiger charge is -2.18. The van der Waals surface area contributed by atoms with E-state index < -0.39 is 10.0 Å². The van der Waals surface area contributed by atoms with Crippen LogP contribution in [-0.4, -0.2) is 19.8 Å². The topological polar surface area (TPSA) is 61.2 Å². The minimum atomic E-state index is -3.68. The third kappa shape index (κ3) is 3.30. The quantitative estimate of drug-likeness (QED) is 0.872. The van der Waals surface area contributed by atoms with Gasteiger partial charge in [-0.05, 0) is 24.6 Å². The zero-order valence-electron chi connectivity index (χ0n) is 11.9. The maximum absolute atomic E-state index is 12.6. The largest absolute Gasteiger partial charge is 0.244 e. The third-order valence-corrected chi connectivity index (χ3v) is 5.08. The average Bonchev–Trinajstić information content (AvgIpc) is 2.49. The summed E-state index contributed by atoms with van der Waals surface area (Å²) >= 11 is 0. The molecule has 108 valence electrons. The van der Waals surface area contributed by atoms with E-state index in [0.717, 1.165) is 11.1 Å². The van der Waals surface area contributed by atoms with E-state index in [1.54, 1.807) is 12.1 Å². The van der Waals surface area contributed by atoms with Gasteiger partial charge >= 0.3 is 0 Å². The van der Waals surface area contributed by atoms with Crippen molar-refractivity contribution in [3.63, 3.8) is 0 Å². The molecule has 0 aromatic heterocycles. The van der Waals surface area contributed by atoms with Crippen LogP contribution < -0.4 is 0 Å². The van der Waals surface area contributed by atoms with Crippen molar-refractivity contribution in [2.45, 2.75) is 18.4 Å². The summed E-state index contributed by atoms with van der Waals surface area (Å²) in [4.78, 5) is 0.0436. The summed E-state index contributed by atoms with van der Waals surface area (Å²) < 4.78 is 26.4. The first-order valence-corrected chi connectivity index (χ1v) is 7.90. The van der Waals surface area contributed by atoms with Crippen LogP contribution in [0.1, 0.15) is 16.7 Å². The maximum Gasteiger partial charge on any atom is 0.244 e. The van der Waals surface area contributed by atoms with Crippen molar-refractivity contribution in [3.05, 3.63) is 65.2 Å². The summed E-state index contributed by atoms with van der Waals surface area (Å²) in [7, 11) is -2.16. The molecule has 2 aromatic rings. The van der Waals surface area contributed by atoms with Crippen LogP contribution in [0.2, 0.25) is 0 Å². The van der Waals surface area contributed by atoms with Gasteiger partial charge in [-0.25, -0.2) is 8.42 Å². The molecular weight excluding hydrogens is 284 g/mol. The number of nitrogens with zero attached hydrogens (tertiary/aromatic N) is 2. The van der Waals surface area contributed by atoms with Crippen molar-refractivity contribution in [2.75, 3.05) is 7.05 Å². The summed E-state index contributed by atoms with van der Waals surface area (Å²) in [6.07, 6.45) is 0. The Balaban J connectivity index is 2.31. The fourth-order valence-electron chi connectivity index (χ4n) is 1.99. The molecule has 0 unspecified atom stereocenters. The van der Waals surface area contributed by atoms with Gasteiger partial charge in [-0.15, -0.1) is 0 Å². The molecule has 0 atom stereocenters. The first-order chi connectivity index (χ1) is 9.95. The molecule has 0 heterocycles. The number of rotatable bonds is 4. The Morgan fingerprint density at radius 1 is 1.10 bits per heavy atom. The molecule has 5 heteroatoms. The molecule has 2 aromatic carbocycles. The van der Waals surface area contributed by atoms with Crippen molar-refractivity contribution < 1.29 is 8.42 Å². The first kappa shape index (κ1) is 15.2. The van der Waals surface area contributed by atoms with Gasteiger partial charge < -0.3 is 0 Å². The Morgan fingerprint density at radius 2 is 1.71 bits per heavy atom. The van der Waals surface area contributed by atoms with Crippen LogP contribution in [0.15, 0.2) is 53.4 Å². The predicted molar refractivity (Wildman–Crippen MR) is 81.0 cm³/mol. The lowest BCUT2D eigenvalue weighted by molar-refractivity contribution is 0.466. The van der Waals surface area contributed by atoms with Crippen LogP contribution in [0.25, 0.3) is 0 Å². The van der Waals surface area contributed by atoms with Gasteiger partial charge in [0.2, 0.25) is 10.0 Å². The van der Waals surface area contributed by atoms with E-state index in [0.29, 0.717) is 0 Å². The van der Waals surface area contributed by atoms with Crippen LogP contribution >= 0.6 is 0 Å². The van der Waals surface area contributed by atoms with Crippen molar-refractivity contribution in [2.24, 2.45) is 0 Å². The van der Waals surface area contributed by atoms with Crippen molar-refractivity contribution in [3.8, 4) is 6.07 Å². The minimum Gasteiger partial charge on any atom is -0.207 e. The molecule has 0 saturated heterocycles. The number of hydrogen-bond acceptors (Lipinski definition) is 3. The van der Waals surface area contributed by atoms with E-state index in [1.165, 1.54) is 23.5 Å². The first-order valence-electron chi connectivity index (χ1n) is 6.46. The van der Waals surface area contributed by atoms with Crippen molar-refractivity contribution in [1.82, 2.24) is 4.31 Å². The summed E-state index contributed by atoms with van der Waals surface area (Å²) in [5, 5.41) is 9.05. The molecular formula is C16H16N2O2S. The third-order valence-electron chi connectivity index (χ3n) is 3.22. The molecule has 0 spiro atoms. The fourth-order valence-corrected chi connectivity index (χ4v) is 3.28. The maximum atomic E-state index is 12.6.